The van der Waals surface area contributed by atoms with Crippen molar-refractivity contribution in [3.63, 3.8) is 0 Å². The molecule has 0 saturated carbocycles. The first-order valence-electron chi connectivity index (χ1n) is 7.62. The summed E-state index contributed by atoms with van der Waals surface area (Å²) in [6.45, 7) is 2.11. The molecular formula is C19H18F3N. The highest BCUT2D eigenvalue weighted by Crippen LogP contribution is 2.33. The van der Waals surface area contributed by atoms with Crippen LogP contribution in [0, 0.1) is 11.3 Å². The molecule has 0 aliphatic heterocycles. The summed E-state index contributed by atoms with van der Waals surface area (Å²) in [7, 11) is 0. The Kier molecular flexibility index (Phi) is 5.44. The molecule has 0 bridgehead atoms. The Balaban J connectivity index is 2.15. The number of hydrogen-bond donors (Lipinski definition) is 0. The van der Waals surface area contributed by atoms with Crippen molar-refractivity contribution in [2.75, 3.05) is 0 Å². The molecular weight excluding hydrogens is 299 g/mol. The molecule has 0 spiro atoms. The lowest BCUT2D eigenvalue weighted by Gasteiger charge is -2.13. The molecule has 0 amide bonds. The van der Waals surface area contributed by atoms with Gasteiger partial charge in [-0.2, -0.15) is 18.4 Å². The van der Waals surface area contributed by atoms with Crippen LogP contribution in [0.1, 0.15) is 41.2 Å². The predicted octanol–water partition coefficient (Wildman–Crippen LogP) is 5.31. The van der Waals surface area contributed by atoms with Gasteiger partial charge in [-0.25, -0.2) is 0 Å². The molecule has 0 aliphatic rings. The average molecular weight is 317 g/mol. The van der Waals surface area contributed by atoms with Gasteiger partial charge in [-0.05, 0) is 48.1 Å². The topological polar surface area (TPSA) is 23.8 Å². The maximum absolute atomic E-state index is 13.1. The molecule has 0 atom stereocenters. The number of aryl methyl sites for hydroxylation is 3. The third kappa shape index (κ3) is 4.59. The fourth-order valence-electron chi connectivity index (χ4n) is 2.57. The van der Waals surface area contributed by atoms with Gasteiger partial charge in [0.15, 0.2) is 0 Å². The molecule has 0 aliphatic carbocycles. The first kappa shape index (κ1) is 17.1. The molecule has 0 unspecified atom stereocenters. The van der Waals surface area contributed by atoms with Crippen LogP contribution in [0.2, 0.25) is 0 Å². The van der Waals surface area contributed by atoms with Gasteiger partial charge in [0.1, 0.15) is 0 Å². The molecule has 0 N–H and O–H groups in total. The molecule has 0 aromatic heterocycles. The van der Waals surface area contributed by atoms with Crippen LogP contribution in [0.25, 0.3) is 0 Å². The van der Waals surface area contributed by atoms with E-state index in [1.54, 1.807) is 6.07 Å². The lowest BCUT2D eigenvalue weighted by Crippen LogP contribution is -2.10. The van der Waals surface area contributed by atoms with Crippen molar-refractivity contribution in [1.29, 1.82) is 5.26 Å². The predicted molar refractivity (Wildman–Crippen MR) is 84.0 cm³/mol. The van der Waals surface area contributed by atoms with Crippen molar-refractivity contribution in [1.82, 2.24) is 0 Å². The molecule has 2 aromatic rings. The Hall–Kier alpha value is -2.28. The molecule has 4 heteroatoms. The quantitative estimate of drug-likeness (QED) is 0.732. The van der Waals surface area contributed by atoms with Gasteiger partial charge in [0.05, 0.1) is 17.2 Å². The Morgan fingerprint density at radius 3 is 2.04 bits per heavy atom. The smallest absolute Gasteiger partial charge is 0.192 e. The van der Waals surface area contributed by atoms with Crippen molar-refractivity contribution in [3.05, 3.63) is 70.3 Å². The van der Waals surface area contributed by atoms with Crippen LogP contribution in [0.5, 0.6) is 0 Å². The third-order valence-electron chi connectivity index (χ3n) is 3.79. The fourth-order valence-corrected chi connectivity index (χ4v) is 2.57. The summed E-state index contributed by atoms with van der Waals surface area (Å²) >= 11 is 0. The zero-order chi connectivity index (χ0) is 16.9. The van der Waals surface area contributed by atoms with Crippen LogP contribution in [0.15, 0.2) is 42.5 Å². The van der Waals surface area contributed by atoms with Crippen molar-refractivity contribution in [3.8, 4) is 6.07 Å². The average Bonchev–Trinajstić information content (AvgIpc) is 2.53. The second-order valence-corrected chi connectivity index (χ2v) is 5.55. The van der Waals surface area contributed by atoms with Gasteiger partial charge >= 0.3 is 6.18 Å². The summed E-state index contributed by atoms with van der Waals surface area (Å²) in [5.74, 6) is 0. The minimum absolute atomic E-state index is 0.0324. The standard InChI is InChI=1S/C19H18F3N/c1-2-3-14-4-6-15(7-5-14)8-10-17-11-9-16(13-23)12-18(17)19(20,21)22/h4-7,9,11-12H,2-3,8,10H2,1H3. The van der Waals surface area contributed by atoms with E-state index in [-0.39, 0.29) is 11.1 Å². The number of benzene rings is 2. The second kappa shape index (κ2) is 7.32. The van der Waals surface area contributed by atoms with E-state index in [0.29, 0.717) is 12.8 Å². The van der Waals surface area contributed by atoms with Crippen LogP contribution in [-0.2, 0) is 25.4 Å². The van der Waals surface area contributed by atoms with Gasteiger partial charge in [0.2, 0.25) is 0 Å². The van der Waals surface area contributed by atoms with Gasteiger partial charge in [0, 0.05) is 0 Å². The summed E-state index contributed by atoms with van der Waals surface area (Å²) < 4.78 is 39.4. The van der Waals surface area contributed by atoms with E-state index >= 15 is 0 Å². The van der Waals surface area contributed by atoms with Crippen molar-refractivity contribution >= 4 is 0 Å². The van der Waals surface area contributed by atoms with Crippen molar-refractivity contribution in [2.24, 2.45) is 0 Å². The van der Waals surface area contributed by atoms with Gasteiger partial charge in [0.25, 0.3) is 0 Å². The van der Waals surface area contributed by atoms with E-state index in [1.165, 1.54) is 17.7 Å². The van der Waals surface area contributed by atoms with Crippen LogP contribution >= 0.6 is 0 Å². The summed E-state index contributed by atoms with van der Waals surface area (Å²) in [5, 5.41) is 8.78. The Morgan fingerprint density at radius 1 is 0.913 bits per heavy atom. The van der Waals surface area contributed by atoms with E-state index in [4.69, 9.17) is 5.26 Å². The van der Waals surface area contributed by atoms with Gasteiger partial charge < -0.3 is 0 Å². The minimum Gasteiger partial charge on any atom is -0.192 e. The van der Waals surface area contributed by atoms with Crippen LogP contribution in [-0.4, -0.2) is 0 Å². The lowest BCUT2D eigenvalue weighted by atomic mass is 9.97. The number of rotatable bonds is 5. The monoisotopic (exact) mass is 317 g/mol. The molecule has 2 aromatic carbocycles. The minimum atomic E-state index is -4.44. The fraction of sp³-hybridized carbons (Fsp3) is 0.316. The zero-order valence-corrected chi connectivity index (χ0v) is 13.0. The Bertz CT molecular complexity index is 694. The highest BCUT2D eigenvalue weighted by molar-refractivity contribution is 5.40. The van der Waals surface area contributed by atoms with E-state index in [2.05, 4.69) is 6.92 Å². The van der Waals surface area contributed by atoms with Crippen molar-refractivity contribution in [2.45, 2.75) is 38.8 Å². The maximum Gasteiger partial charge on any atom is 0.416 e. The van der Waals surface area contributed by atoms with Gasteiger partial charge in [-0.1, -0.05) is 43.7 Å². The summed E-state index contributed by atoms with van der Waals surface area (Å²) in [6.07, 6.45) is -1.52. The molecule has 0 fully saturated rings. The first-order chi connectivity index (χ1) is 10.9. The van der Waals surface area contributed by atoms with Gasteiger partial charge in [-0.3, -0.25) is 0 Å². The summed E-state index contributed by atoms with van der Waals surface area (Å²) in [6, 6.07) is 13.5. The number of nitriles is 1. The molecule has 2 rings (SSSR count). The molecule has 0 heterocycles. The summed E-state index contributed by atoms with van der Waals surface area (Å²) in [5.41, 5.74) is 1.81. The number of nitrogens with zero attached hydrogens (tertiary/aromatic N) is 1. The largest absolute Gasteiger partial charge is 0.416 e. The molecule has 1 nitrogen and oxygen atoms in total. The summed E-state index contributed by atoms with van der Waals surface area (Å²) in [4.78, 5) is 0. The molecule has 120 valence electrons. The van der Waals surface area contributed by atoms with Crippen LogP contribution in [0.3, 0.4) is 0 Å². The number of hydrogen-bond acceptors (Lipinski definition) is 1. The SMILES string of the molecule is CCCc1ccc(CCc2ccc(C#N)cc2C(F)(F)F)cc1. The highest BCUT2D eigenvalue weighted by Gasteiger charge is 2.33. The number of halogens is 3. The van der Waals surface area contributed by atoms with E-state index < -0.39 is 11.7 Å². The molecule has 0 radical (unpaired) electrons. The molecule has 23 heavy (non-hydrogen) atoms. The van der Waals surface area contributed by atoms with Crippen LogP contribution < -0.4 is 0 Å². The van der Waals surface area contributed by atoms with E-state index in [1.807, 2.05) is 24.3 Å². The normalized spacial score (nSPS) is 11.3. The molecule has 0 saturated heterocycles. The van der Waals surface area contributed by atoms with E-state index in [9.17, 15) is 13.2 Å². The zero-order valence-electron chi connectivity index (χ0n) is 13.0. The van der Waals surface area contributed by atoms with Crippen molar-refractivity contribution < 1.29 is 13.2 Å². The Morgan fingerprint density at radius 2 is 1.52 bits per heavy atom. The van der Waals surface area contributed by atoms with Gasteiger partial charge in [-0.15, -0.1) is 0 Å². The Labute approximate surface area is 134 Å². The van der Waals surface area contributed by atoms with Crippen LogP contribution in [0.4, 0.5) is 13.2 Å². The second-order valence-electron chi connectivity index (χ2n) is 5.55. The number of alkyl halides is 3. The maximum atomic E-state index is 13.1. The lowest BCUT2D eigenvalue weighted by molar-refractivity contribution is -0.138. The first-order valence-corrected chi connectivity index (χ1v) is 7.62. The van der Waals surface area contributed by atoms with E-state index in [0.717, 1.165) is 24.5 Å². The third-order valence-corrected chi connectivity index (χ3v) is 3.79. The highest BCUT2D eigenvalue weighted by atomic mass is 19.4.